The summed E-state index contributed by atoms with van der Waals surface area (Å²) in [5.74, 6) is 0.336. The molecule has 0 saturated heterocycles. The van der Waals surface area contributed by atoms with Gasteiger partial charge < -0.3 is 14.6 Å². The number of nitrogens with zero attached hydrogens (tertiary/aromatic N) is 3. The van der Waals surface area contributed by atoms with E-state index in [1.54, 1.807) is 55.4 Å². The van der Waals surface area contributed by atoms with Crippen LogP contribution in [0.2, 0.25) is 5.02 Å². The molecule has 0 aliphatic carbocycles. The summed E-state index contributed by atoms with van der Waals surface area (Å²) >= 11 is 7.06. The van der Waals surface area contributed by atoms with Gasteiger partial charge in [0.1, 0.15) is 0 Å². The number of thioether (sulfide) groups is 1. The van der Waals surface area contributed by atoms with Gasteiger partial charge in [0.15, 0.2) is 0 Å². The highest BCUT2D eigenvalue weighted by atomic mass is 35.5. The Morgan fingerprint density at radius 1 is 1.10 bits per heavy atom. The van der Waals surface area contributed by atoms with Gasteiger partial charge in [-0.05, 0) is 42.0 Å². The summed E-state index contributed by atoms with van der Waals surface area (Å²) in [4.78, 5) is 25.6. The molecule has 2 aromatic carbocycles. The molecule has 0 aliphatic rings. The minimum atomic E-state index is -0.144. The van der Waals surface area contributed by atoms with Crippen LogP contribution in [0.1, 0.15) is 15.9 Å². The molecule has 0 aliphatic heterocycles. The first-order valence-corrected chi connectivity index (χ1v) is 10.1. The largest absolute Gasteiger partial charge is 0.411 e. The van der Waals surface area contributed by atoms with Gasteiger partial charge in [0.2, 0.25) is 11.8 Å². The monoisotopic (exact) mass is 430 g/mol. The molecule has 0 fully saturated rings. The Morgan fingerprint density at radius 3 is 2.45 bits per heavy atom. The number of hydrogen-bond acceptors (Lipinski definition) is 6. The Hall–Kier alpha value is -2.84. The van der Waals surface area contributed by atoms with Crippen LogP contribution in [-0.4, -0.2) is 46.8 Å². The number of aromatic nitrogens is 2. The van der Waals surface area contributed by atoms with Gasteiger partial charge in [-0.25, -0.2) is 0 Å². The molecule has 0 atom stereocenters. The van der Waals surface area contributed by atoms with E-state index in [0.717, 1.165) is 11.1 Å². The molecule has 0 unspecified atom stereocenters. The molecule has 0 radical (unpaired) electrons. The minimum absolute atomic E-state index is 0.0726. The third-order valence-corrected chi connectivity index (χ3v) is 5.16. The van der Waals surface area contributed by atoms with Crippen molar-refractivity contribution >= 4 is 35.2 Å². The molecule has 0 saturated carbocycles. The molecular formula is C20H19ClN4O3S. The van der Waals surface area contributed by atoms with Crippen LogP contribution >= 0.6 is 23.4 Å². The molecule has 150 valence electrons. The first-order valence-electron chi connectivity index (χ1n) is 8.73. The summed E-state index contributed by atoms with van der Waals surface area (Å²) in [5, 5.41) is 11.5. The van der Waals surface area contributed by atoms with Crippen LogP contribution in [0.15, 0.2) is 58.2 Å². The average Bonchev–Trinajstić information content (AvgIpc) is 3.21. The number of hydrogen-bond donors (Lipinski definition) is 1. The van der Waals surface area contributed by atoms with Gasteiger partial charge >= 0.3 is 0 Å². The lowest BCUT2D eigenvalue weighted by molar-refractivity contribution is -0.127. The smallest absolute Gasteiger partial charge is 0.277 e. The maximum atomic E-state index is 12.4. The van der Waals surface area contributed by atoms with Crippen LogP contribution in [-0.2, 0) is 11.3 Å². The number of benzene rings is 2. The summed E-state index contributed by atoms with van der Waals surface area (Å²) in [6, 6.07) is 14.2. The lowest BCUT2D eigenvalue weighted by atomic mass is 10.1. The first-order chi connectivity index (χ1) is 14.0. The van der Waals surface area contributed by atoms with Crippen molar-refractivity contribution < 1.29 is 14.0 Å². The van der Waals surface area contributed by atoms with Crippen molar-refractivity contribution in [2.45, 2.75) is 11.8 Å². The minimum Gasteiger partial charge on any atom is -0.411 e. The SMILES string of the molecule is CNC(=O)c1ccc(CN(C)C(=O)CSc2nnc(-c3ccc(Cl)cc3)o2)cc1. The zero-order chi connectivity index (χ0) is 20.8. The second-order valence-electron chi connectivity index (χ2n) is 6.19. The number of halogens is 1. The van der Waals surface area contributed by atoms with E-state index < -0.39 is 0 Å². The van der Waals surface area contributed by atoms with Crippen LogP contribution in [0, 0.1) is 0 Å². The van der Waals surface area contributed by atoms with Crippen molar-refractivity contribution in [3.05, 3.63) is 64.7 Å². The lowest BCUT2D eigenvalue weighted by Gasteiger charge is -2.16. The van der Waals surface area contributed by atoms with E-state index in [0.29, 0.717) is 28.2 Å². The van der Waals surface area contributed by atoms with Gasteiger partial charge in [-0.3, -0.25) is 9.59 Å². The molecular weight excluding hydrogens is 412 g/mol. The highest BCUT2D eigenvalue weighted by Crippen LogP contribution is 2.24. The molecule has 2 amide bonds. The van der Waals surface area contributed by atoms with Crippen molar-refractivity contribution in [1.82, 2.24) is 20.4 Å². The highest BCUT2D eigenvalue weighted by molar-refractivity contribution is 7.99. The maximum Gasteiger partial charge on any atom is 0.277 e. The highest BCUT2D eigenvalue weighted by Gasteiger charge is 2.14. The Kier molecular flexibility index (Phi) is 6.90. The summed E-state index contributed by atoms with van der Waals surface area (Å²) in [6.45, 7) is 0.438. The normalized spacial score (nSPS) is 10.6. The molecule has 29 heavy (non-hydrogen) atoms. The topological polar surface area (TPSA) is 88.3 Å². The third-order valence-electron chi connectivity index (χ3n) is 4.11. The Bertz CT molecular complexity index is 990. The van der Waals surface area contributed by atoms with E-state index in [1.165, 1.54) is 11.8 Å². The molecule has 1 heterocycles. The van der Waals surface area contributed by atoms with E-state index in [1.807, 2.05) is 12.1 Å². The van der Waals surface area contributed by atoms with E-state index >= 15 is 0 Å². The summed E-state index contributed by atoms with van der Waals surface area (Å²) < 4.78 is 5.59. The van der Waals surface area contributed by atoms with Crippen molar-refractivity contribution in [1.29, 1.82) is 0 Å². The predicted molar refractivity (Wildman–Crippen MR) is 112 cm³/mol. The van der Waals surface area contributed by atoms with Crippen molar-refractivity contribution in [2.75, 3.05) is 19.8 Å². The molecule has 0 bridgehead atoms. The van der Waals surface area contributed by atoms with Crippen molar-refractivity contribution in [3.63, 3.8) is 0 Å². The standard InChI is InChI=1S/C20H19ClN4O3S/c1-22-18(27)14-5-3-13(4-6-14)11-25(2)17(26)12-29-20-24-23-19(28-20)15-7-9-16(21)10-8-15/h3-10H,11-12H2,1-2H3,(H,22,27). The van der Waals surface area contributed by atoms with Gasteiger partial charge in [-0.15, -0.1) is 10.2 Å². The zero-order valence-corrected chi connectivity index (χ0v) is 17.5. The van der Waals surface area contributed by atoms with Crippen LogP contribution in [0.3, 0.4) is 0 Å². The van der Waals surface area contributed by atoms with E-state index in [4.69, 9.17) is 16.0 Å². The summed E-state index contributed by atoms with van der Waals surface area (Å²) in [7, 11) is 3.31. The Labute approximate surface area is 177 Å². The average molecular weight is 431 g/mol. The second kappa shape index (κ2) is 9.58. The molecule has 0 spiro atoms. The third kappa shape index (κ3) is 5.58. The fourth-order valence-corrected chi connectivity index (χ4v) is 3.31. The van der Waals surface area contributed by atoms with Gasteiger partial charge in [-0.1, -0.05) is 35.5 Å². The van der Waals surface area contributed by atoms with E-state index in [2.05, 4.69) is 15.5 Å². The molecule has 3 aromatic rings. The molecule has 7 nitrogen and oxygen atoms in total. The number of carbonyl (C=O) groups excluding carboxylic acids is 2. The zero-order valence-electron chi connectivity index (χ0n) is 15.9. The van der Waals surface area contributed by atoms with Crippen LogP contribution in [0.4, 0.5) is 0 Å². The summed E-state index contributed by atoms with van der Waals surface area (Å²) in [5.41, 5.74) is 2.27. The molecule has 3 rings (SSSR count). The second-order valence-corrected chi connectivity index (χ2v) is 7.56. The fraction of sp³-hybridized carbons (Fsp3) is 0.200. The molecule has 1 N–H and O–H groups in total. The van der Waals surface area contributed by atoms with Crippen molar-refractivity contribution in [3.8, 4) is 11.5 Å². The van der Waals surface area contributed by atoms with Crippen molar-refractivity contribution in [2.24, 2.45) is 0 Å². The Balaban J connectivity index is 1.52. The van der Waals surface area contributed by atoms with Crippen LogP contribution in [0.25, 0.3) is 11.5 Å². The van der Waals surface area contributed by atoms with E-state index in [-0.39, 0.29) is 17.6 Å². The van der Waals surface area contributed by atoms with Gasteiger partial charge in [0.05, 0.1) is 5.75 Å². The lowest BCUT2D eigenvalue weighted by Crippen LogP contribution is -2.27. The van der Waals surface area contributed by atoms with Crippen LogP contribution < -0.4 is 5.32 Å². The number of carbonyl (C=O) groups is 2. The molecule has 1 aromatic heterocycles. The molecule has 9 heteroatoms. The maximum absolute atomic E-state index is 12.4. The quantitative estimate of drug-likeness (QED) is 0.577. The van der Waals surface area contributed by atoms with Crippen LogP contribution in [0.5, 0.6) is 0 Å². The first kappa shape index (κ1) is 20.9. The van der Waals surface area contributed by atoms with Gasteiger partial charge in [-0.2, -0.15) is 0 Å². The van der Waals surface area contributed by atoms with E-state index in [9.17, 15) is 9.59 Å². The summed E-state index contributed by atoms with van der Waals surface area (Å²) in [6.07, 6.45) is 0. The fourth-order valence-electron chi connectivity index (χ4n) is 2.48. The number of amides is 2. The Morgan fingerprint density at radius 2 is 1.79 bits per heavy atom. The number of rotatable bonds is 7. The van der Waals surface area contributed by atoms with Gasteiger partial charge in [0, 0.05) is 36.8 Å². The predicted octanol–water partition coefficient (Wildman–Crippen LogP) is 3.50. The number of nitrogens with one attached hydrogen (secondary N) is 1. The van der Waals surface area contributed by atoms with Gasteiger partial charge in [0.25, 0.3) is 11.1 Å².